The molecule has 1 atom stereocenters. The van der Waals surface area contributed by atoms with Gasteiger partial charge in [0.25, 0.3) is 0 Å². The molecule has 0 amide bonds. The van der Waals surface area contributed by atoms with E-state index in [4.69, 9.17) is 16.1 Å². The van der Waals surface area contributed by atoms with E-state index in [-0.39, 0.29) is 5.38 Å². The van der Waals surface area contributed by atoms with Crippen LogP contribution in [-0.4, -0.2) is 10.1 Å². The van der Waals surface area contributed by atoms with Gasteiger partial charge in [0.05, 0.1) is 0 Å². The van der Waals surface area contributed by atoms with E-state index in [1.54, 1.807) is 13.8 Å². The van der Waals surface area contributed by atoms with Crippen LogP contribution in [0.3, 0.4) is 0 Å². The molecule has 1 rings (SSSR count). The topological polar surface area (TPSA) is 38.9 Å². The largest absolute Gasteiger partial charge is 0.338 e. The zero-order valence-electron chi connectivity index (χ0n) is 5.26. The SMILES string of the molecule is Cc1noc([C@H](C)Cl)n1. The molecular formula is C5H7ClN2O. The fourth-order valence-electron chi connectivity index (χ4n) is 0.475. The van der Waals surface area contributed by atoms with Gasteiger partial charge in [-0.15, -0.1) is 11.6 Å². The van der Waals surface area contributed by atoms with Gasteiger partial charge in [-0.1, -0.05) is 5.16 Å². The van der Waals surface area contributed by atoms with Gasteiger partial charge in [-0.2, -0.15) is 4.98 Å². The van der Waals surface area contributed by atoms with E-state index in [0.717, 1.165) is 0 Å². The third-order valence-corrected chi connectivity index (χ3v) is 1.07. The first kappa shape index (κ1) is 6.55. The number of rotatable bonds is 1. The second-order valence-corrected chi connectivity index (χ2v) is 2.45. The first-order chi connectivity index (χ1) is 4.20. The maximum Gasteiger partial charge on any atom is 0.244 e. The van der Waals surface area contributed by atoms with Crippen LogP contribution in [0.2, 0.25) is 0 Å². The Balaban J connectivity index is 2.85. The second kappa shape index (κ2) is 2.35. The number of hydrogen-bond donors (Lipinski definition) is 0. The van der Waals surface area contributed by atoms with E-state index in [9.17, 15) is 0 Å². The summed E-state index contributed by atoms with van der Waals surface area (Å²) in [4.78, 5) is 3.90. The molecule has 0 saturated heterocycles. The number of aromatic nitrogens is 2. The number of nitrogens with zero attached hydrogens (tertiary/aromatic N) is 2. The molecule has 0 spiro atoms. The lowest BCUT2D eigenvalue weighted by molar-refractivity contribution is 0.375. The summed E-state index contributed by atoms with van der Waals surface area (Å²) in [5, 5.41) is 3.38. The van der Waals surface area contributed by atoms with Crippen molar-refractivity contribution in [2.24, 2.45) is 0 Å². The Morgan fingerprint density at radius 2 is 2.33 bits per heavy atom. The van der Waals surface area contributed by atoms with Gasteiger partial charge < -0.3 is 4.52 Å². The Morgan fingerprint density at radius 3 is 2.56 bits per heavy atom. The highest BCUT2D eigenvalue weighted by Crippen LogP contribution is 2.15. The van der Waals surface area contributed by atoms with Crippen molar-refractivity contribution in [3.63, 3.8) is 0 Å². The van der Waals surface area contributed by atoms with Gasteiger partial charge in [0.1, 0.15) is 5.38 Å². The molecule has 0 fully saturated rings. The van der Waals surface area contributed by atoms with Crippen LogP contribution in [0.25, 0.3) is 0 Å². The molecule has 0 radical (unpaired) electrons. The molecule has 1 aromatic rings. The Hall–Kier alpha value is -0.570. The van der Waals surface area contributed by atoms with Gasteiger partial charge in [-0.3, -0.25) is 0 Å². The van der Waals surface area contributed by atoms with Crippen molar-refractivity contribution >= 4 is 11.6 Å². The predicted octanol–water partition coefficient (Wildman–Crippen LogP) is 1.68. The van der Waals surface area contributed by atoms with E-state index in [0.29, 0.717) is 11.7 Å². The van der Waals surface area contributed by atoms with E-state index < -0.39 is 0 Å². The fourth-order valence-corrected chi connectivity index (χ4v) is 0.563. The van der Waals surface area contributed by atoms with Crippen LogP contribution in [0.4, 0.5) is 0 Å². The lowest BCUT2D eigenvalue weighted by atomic mass is 10.5. The molecule has 0 aliphatic heterocycles. The fraction of sp³-hybridized carbons (Fsp3) is 0.600. The van der Waals surface area contributed by atoms with Crippen LogP contribution in [0, 0.1) is 6.92 Å². The third kappa shape index (κ3) is 1.42. The molecule has 4 heteroatoms. The predicted molar refractivity (Wildman–Crippen MR) is 33.3 cm³/mol. The molecule has 0 N–H and O–H groups in total. The van der Waals surface area contributed by atoms with Gasteiger partial charge in [0.15, 0.2) is 5.82 Å². The standard InChI is InChI=1S/C5H7ClN2O/c1-3(6)5-7-4(2)8-9-5/h3H,1-2H3/t3-/m0/s1. The Bertz CT molecular complexity index is 197. The van der Waals surface area contributed by atoms with Crippen LogP contribution in [-0.2, 0) is 0 Å². The monoisotopic (exact) mass is 146 g/mol. The quantitative estimate of drug-likeness (QED) is 0.566. The second-order valence-electron chi connectivity index (χ2n) is 1.80. The first-order valence-corrected chi connectivity index (χ1v) is 3.08. The lowest BCUT2D eigenvalue weighted by Gasteiger charge is -1.88. The normalized spacial score (nSPS) is 13.7. The molecule has 0 aliphatic carbocycles. The summed E-state index contributed by atoms with van der Waals surface area (Å²) < 4.78 is 4.73. The summed E-state index contributed by atoms with van der Waals surface area (Å²) in [6.07, 6.45) is 0. The average Bonchev–Trinajstić information content (AvgIpc) is 2.14. The molecule has 0 aromatic carbocycles. The molecule has 1 aromatic heterocycles. The van der Waals surface area contributed by atoms with E-state index >= 15 is 0 Å². The molecule has 1 heterocycles. The van der Waals surface area contributed by atoms with Crippen LogP contribution in [0.15, 0.2) is 4.52 Å². The maximum atomic E-state index is 5.62. The van der Waals surface area contributed by atoms with Gasteiger partial charge in [0, 0.05) is 0 Å². The average molecular weight is 147 g/mol. The summed E-state index contributed by atoms with van der Waals surface area (Å²) in [6.45, 7) is 3.54. The summed E-state index contributed by atoms with van der Waals surface area (Å²) in [7, 11) is 0. The van der Waals surface area contributed by atoms with Crippen LogP contribution >= 0.6 is 11.6 Å². The summed E-state index contributed by atoms with van der Waals surface area (Å²) in [6, 6.07) is 0. The third-order valence-electron chi connectivity index (χ3n) is 0.884. The van der Waals surface area contributed by atoms with Crippen molar-refractivity contribution in [1.29, 1.82) is 0 Å². The molecule has 3 nitrogen and oxygen atoms in total. The Morgan fingerprint density at radius 1 is 1.67 bits per heavy atom. The molecular weight excluding hydrogens is 140 g/mol. The van der Waals surface area contributed by atoms with Crippen LogP contribution in [0.1, 0.15) is 24.0 Å². The molecule has 0 unspecified atom stereocenters. The van der Waals surface area contributed by atoms with Crippen molar-refractivity contribution in [2.75, 3.05) is 0 Å². The highest BCUT2D eigenvalue weighted by atomic mass is 35.5. The molecule has 0 aliphatic rings. The lowest BCUT2D eigenvalue weighted by Crippen LogP contribution is -1.82. The smallest absolute Gasteiger partial charge is 0.244 e. The molecule has 0 bridgehead atoms. The van der Waals surface area contributed by atoms with E-state index in [1.807, 2.05) is 0 Å². The highest BCUT2D eigenvalue weighted by molar-refractivity contribution is 6.20. The van der Waals surface area contributed by atoms with Gasteiger partial charge in [-0.05, 0) is 13.8 Å². The number of aryl methyl sites for hydroxylation is 1. The van der Waals surface area contributed by atoms with Crippen molar-refractivity contribution < 1.29 is 4.52 Å². The zero-order chi connectivity index (χ0) is 6.85. The van der Waals surface area contributed by atoms with Gasteiger partial charge >= 0.3 is 0 Å². The summed E-state index contributed by atoms with van der Waals surface area (Å²) >= 11 is 5.62. The summed E-state index contributed by atoms with van der Waals surface area (Å²) in [5.74, 6) is 1.10. The van der Waals surface area contributed by atoms with Crippen molar-refractivity contribution in [1.82, 2.24) is 10.1 Å². The Kier molecular flexibility index (Phi) is 1.71. The van der Waals surface area contributed by atoms with Crippen molar-refractivity contribution in [3.8, 4) is 0 Å². The molecule has 50 valence electrons. The number of hydrogen-bond acceptors (Lipinski definition) is 3. The number of alkyl halides is 1. The Labute approximate surface area is 58.0 Å². The van der Waals surface area contributed by atoms with Crippen LogP contribution < -0.4 is 0 Å². The minimum Gasteiger partial charge on any atom is -0.338 e. The molecule has 0 saturated carbocycles. The maximum absolute atomic E-state index is 5.62. The van der Waals surface area contributed by atoms with E-state index in [1.165, 1.54) is 0 Å². The first-order valence-electron chi connectivity index (χ1n) is 2.64. The molecule has 9 heavy (non-hydrogen) atoms. The highest BCUT2D eigenvalue weighted by Gasteiger charge is 2.07. The van der Waals surface area contributed by atoms with Crippen molar-refractivity contribution in [3.05, 3.63) is 11.7 Å². The van der Waals surface area contributed by atoms with Crippen LogP contribution in [0.5, 0.6) is 0 Å². The summed E-state index contributed by atoms with van der Waals surface area (Å²) in [5.41, 5.74) is 0. The van der Waals surface area contributed by atoms with Gasteiger partial charge in [0.2, 0.25) is 5.89 Å². The van der Waals surface area contributed by atoms with E-state index in [2.05, 4.69) is 10.1 Å². The number of halogens is 1. The van der Waals surface area contributed by atoms with Gasteiger partial charge in [-0.25, -0.2) is 0 Å². The zero-order valence-corrected chi connectivity index (χ0v) is 6.01. The van der Waals surface area contributed by atoms with Crippen molar-refractivity contribution in [2.45, 2.75) is 19.2 Å². The minimum absolute atomic E-state index is 0.189. The minimum atomic E-state index is -0.189.